The first-order valence-corrected chi connectivity index (χ1v) is 9.93. The van der Waals surface area contributed by atoms with Gasteiger partial charge in [-0.1, -0.05) is 18.2 Å². The predicted molar refractivity (Wildman–Crippen MR) is 91.9 cm³/mol. The number of aliphatic hydroxyl groups is 1. The van der Waals surface area contributed by atoms with Crippen molar-refractivity contribution in [1.82, 2.24) is 0 Å². The zero-order chi connectivity index (χ0) is 21.9. The van der Waals surface area contributed by atoms with E-state index in [0.717, 1.165) is 36.4 Å². The summed E-state index contributed by atoms with van der Waals surface area (Å²) in [4.78, 5) is 0. The fraction of sp³-hybridized carbons (Fsp3) is 0.333. The summed E-state index contributed by atoms with van der Waals surface area (Å²) in [5.74, 6) is -1.57. The van der Waals surface area contributed by atoms with Crippen molar-refractivity contribution in [2.24, 2.45) is 0 Å². The second-order valence-electron chi connectivity index (χ2n) is 6.24. The van der Waals surface area contributed by atoms with Crippen LogP contribution in [0.5, 0.6) is 5.75 Å². The average Bonchev–Trinajstić information content (AvgIpc) is 2.58. The van der Waals surface area contributed by atoms with Crippen LogP contribution >= 0.6 is 0 Å². The van der Waals surface area contributed by atoms with Gasteiger partial charge in [0, 0.05) is 0 Å². The molecule has 0 spiro atoms. The number of hydrogen-bond acceptors (Lipinski definition) is 4. The summed E-state index contributed by atoms with van der Waals surface area (Å²) in [7, 11) is -3.91. The quantitative estimate of drug-likeness (QED) is 0.657. The van der Waals surface area contributed by atoms with Crippen molar-refractivity contribution in [3.8, 4) is 5.75 Å². The van der Waals surface area contributed by atoms with Crippen molar-refractivity contribution in [3.05, 3.63) is 65.2 Å². The summed E-state index contributed by atoms with van der Waals surface area (Å²) in [5, 5.41) is 9.83. The molecule has 4 nitrogen and oxygen atoms in total. The lowest BCUT2D eigenvalue weighted by atomic mass is 10.1. The number of halogens is 6. The van der Waals surface area contributed by atoms with E-state index < -0.39 is 57.5 Å². The van der Waals surface area contributed by atoms with Gasteiger partial charge in [0.1, 0.15) is 18.5 Å². The van der Waals surface area contributed by atoms with Crippen LogP contribution in [0.4, 0.5) is 26.3 Å². The Kier molecular flexibility index (Phi) is 6.84. The Morgan fingerprint density at radius 3 is 2.03 bits per heavy atom. The Morgan fingerprint density at radius 2 is 1.48 bits per heavy atom. The van der Waals surface area contributed by atoms with Crippen LogP contribution in [-0.2, 0) is 27.9 Å². The number of ether oxygens (including phenoxy) is 1. The van der Waals surface area contributed by atoms with E-state index in [4.69, 9.17) is 4.74 Å². The highest BCUT2D eigenvalue weighted by Crippen LogP contribution is 2.31. The second-order valence-corrected chi connectivity index (χ2v) is 8.35. The number of alkyl halides is 6. The van der Waals surface area contributed by atoms with E-state index in [1.165, 1.54) is 6.07 Å². The third-order valence-corrected chi connectivity index (χ3v) is 5.38. The van der Waals surface area contributed by atoms with Crippen molar-refractivity contribution in [2.75, 3.05) is 12.4 Å². The van der Waals surface area contributed by atoms with Crippen LogP contribution in [0, 0.1) is 0 Å². The first-order valence-electron chi connectivity index (χ1n) is 8.11. The van der Waals surface area contributed by atoms with Crippen LogP contribution in [0.3, 0.4) is 0 Å². The number of sulfone groups is 1. The van der Waals surface area contributed by atoms with E-state index in [0.29, 0.717) is 6.07 Å². The van der Waals surface area contributed by atoms with E-state index >= 15 is 0 Å². The third-order valence-electron chi connectivity index (χ3n) is 3.72. The maximum absolute atomic E-state index is 12.6. The van der Waals surface area contributed by atoms with Crippen molar-refractivity contribution in [1.29, 1.82) is 0 Å². The van der Waals surface area contributed by atoms with Gasteiger partial charge in [0.25, 0.3) is 0 Å². The Labute approximate surface area is 162 Å². The molecule has 0 bridgehead atoms. The molecule has 0 aliphatic carbocycles. The molecule has 0 saturated carbocycles. The van der Waals surface area contributed by atoms with Gasteiger partial charge < -0.3 is 9.84 Å². The molecule has 0 fully saturated rings. The van der Waals surface area contributed by atoms with Gasteiger partial charge in [-0.15, -0.1) is 0 Å². The zero-order valence-corrected chi connectivity index (χ0v) is 15.5. The zero-order valence-electron chi connectivity index (χ0n) is 14.7. The topological polar surface area (TPSA) is 63.6 Å². The number of benzene rings is 2. The van der Waals surface area contributed by atoms with Gasteiger partial charge in [-0.3, -0.25) is 0 Å². The fourth-order valence-corrected chi connectivity index (χ4v) is 3.90. The first-order chi connectivity index (χ1) is 13.3. The molecule has 0 aliphatic rings. The van der Waals surface area contributed by atoms with Crippen LogP contribution in [0.2, 0.25) is 0 Å². The van der Waals surface area contributed by atoms with Crippen LogP contribution in [0.25, 0.3) is 0 Å². The molecule has 2 rings (SSSR count). The maximum Gasteiger partial charge on any atom is 0.416 e. The number of hydrogen-bond donors (Lipinski definition) is 1. The van der Waals surface area contributed by atoms with E-state index in [-0.39, 0.29) is 11.3 Å². The largest absolute Gasteiger partial charge is 0.491 e. The minimum Gasteiger partial charge on any atom is -0.491 e. The Bertz CT molecular complexity index is 921. The van der Waals surface area contributed by atoms with Crippen molar-refractivity contribution < 1.29 is 44.6 Å². The normalized spacial score (nSPS) is 13.9. The molecule has 2 aromatic rings. The molecular formula is C18H16F6O4S. The predicted octanol–water partition coefficient (Wildman–Crippen LogP) is 4.08. The van der Waals surface area contributed by atoms with E-state index in [2.05, 4.69) is 0 Å². The molecule has 0 heterocycles. The molecule has 11 heteroatoms. The molecular weight excluding hydrogens is 426 g/mol. The van der Waals surface area contributed by atoms with Crippen molar-refractivity contribution in [3.63, 3.8) is 0 Å². The minimum absolute atomic E-state index is 0.101. The number of rotatable bonds is 7. The maximum atomic E-state index is 12.6. The summed E-state index contributed by atoms with van der Waals surface area (Å²) in [6.45, 7) is -0.576. The van der Waals surface area contributed by atoms with Crippen molar-refractivity contribution in [2.45, 2.75) is 24.2 Å². The fourth-order valence-electron chi connectivity index (χ4n) is 2.40. The molecule has 2 aromatic carbocycles. The van der Waals surface area contributed by atoms with E-state index in [1.54, 1.807) is 0 Å². The molecule has 0 saturated heterocycles. The summed E-state index contributed by atoms with van der Waals surface area (Å²) in [6, 6.07) is 7.40. The minimum atomic E-state index is -4.58. The van der Waals surface area contributed by atoms with E-state index in [9.17, 15) is 39.9 Å². The Morgan fingerprint density at radius 1 is 0.897 bits per heavy atom. The van der Waals surface area contributed by atoms with Crippen molar-refractivity contribution >= 4 is 9.84 Å². The number of aliphatic hydroxyl groups excluding tert-OH is 1. The summed E-state index contributed by atoms with van der Waals surface area (Å²) < 4.78 is 105. The smallest absolute Gasteiger partial charge is 0.416 e. The lowest BCUT2D eigenvalue weighted by Gasteiger charge is -2.14. The highest BCUT2D eigenvalue weighted by atomic mass is 32.2. The highest BCUT2D eigenvalue weighted by molar-refractivity contribution is 7.90. The second kappa shape index (κ2) is 8.62. The average molecular weight is 442 g/mol. The van der Waals surface area contributed by atoms with E-state index in [1.807, 2.05) is 0 Å². The van der Waals surface area contributed by atoms with Gasteiger partial charge in [0.15, 0.2) is 9.84 Å². The van der Waals surface area contributed by atoms with Gasteiger partial charge in [-0.2, -0.15) is 26.3 Å². The molecule has 1 atom stereocenters. The standard InChI is InChI=1S/C18H16F6O4S/c19-17(20,21)13-6-4-12(5-7-13)10-29(26,27)11-15(25)9-28-16-3-1-2-14(8-16)18(22,23)24/h1-8,15,25H,9-11H2. The lowest BCUT2D eigenvalue weighted by Crippen LogP contribution is -2.28. The van der Waals surface area contributed by atoms with Gasteiger partial charge in [-0.25, -0.2) is 8.42 Å². The molecule has 160 valence electrons. The lowest BCUT2D eigenvalue weighted by molar-refractivity contribution is -0.138. The molecule has 1 N–H and O–H groups in total. The van der Waals surface area contributed by atoms with Crippen LogP contribution < -0.4 is 4.74 Å². The first kappa shape index (κ1) is 23.0. The molecule has 0 aliphatic heterocycles. The monoisotopic (exact) mass is 442 g/mol. The van der Waals surface area contributed by atoms with Gasteiger partial charge in [0.05, 0.1) is 22.6 Å². The van der Waals surface area contributed by atoms with Gasteiger partial charge in [0.2, 0.25) is 0 Å². The summed E-state index contributed by atoms with van der Waals surface area (Å²) >= 11 is 0. The van der Waals surface area contributed by atoms with Gasteiger partial charge in [-0.05, 0) is 35.9 Å². The molecule has 1 unspecified atom stereocenters. The highest BCUT2D eigenvalue weighted by Gasteiger charge is 2.31. The van der Waals surface area contributed by atoms with Crippen LogP contribution in [-0.4, -0.2) is 32.0 Å². The molecule has 0 amide bonds. The molecule has 0 aromatic heterocycles. The van der Waals surface area contributed by atoms with Crippen LogP contribution in [0.15, 0.2) is 48.5 Å². The van der Waals surface area contributed by atoms with Crippen LogP contribution in [0.1, 0.15) is 16.7 Å². The summed E-state index contributed by atoms with van der Waals surface area (Å²) in [5.41, 5.74) is -1.78. The van der Waals surface area contributed by atoms with Gasteiger partial charge >= 0.3 is 12.4 Å². The SMILES string of the molecule is O=S(=O)(Cc1ccc(C(F)(F)F)cc1)CC(O)COc1cccc(C(F)(F)F)c1. The third kappa shape index (κ3) is 7.24. The molecule has 29 heavy (non-hydrogen) atoms. The summed E-state index contributed by atoms with van der Waals surface area (Å²) in [6.07, 6.45) is -10.7. The molecule has 0 radical (unpaired) electrons. The Hall–Kier alpha value is -2.27. The Balaban J connectivity index is 1.93.